The van der Waals surface area contributed by atoms with Crippen LogP contribution in [0, 0.1) is 55.7 Å². The Hall–Kier alpha value is -6.24. The number of halogens is 2. The molecular formula is C50H47AcF2N10O2-. The van der Waals surface area contributed by atoms with Gasteiger partial charge in [0.05, 0.1) is 22.5 Å². The molecule has 0 bridgehead atoms. The summed E-state index contributed by atoms with van der Waals surface area (Å²) in [5.74, 6) is 0.0473. The van der Waals surface area contributed by atoms with Gasteiger partial charge in [-0.05, 0) is 83.6 Å². The molecule has 4 heterocycles. The monoisotopic (exact) mass is 1080 g/mol. The van der Waals surface area contributed by atoms with Gasteiger partial charge < -0.3 is 22.1 Å². The average molecular weight is 1080 g/mol. The summed E-state index contributed by atoms with van der Waals surface area (Å²) in [6.45, 7) is 0.779. The second-order valence-electron chi connectivity index (χ2n) is 15.1. The molecule has 4 aromatic carbocycles. The Bertz CT molecular complexity index is 2690. The van der Waals surface area contributed by atoms with Gasteiger partial charge in [-0.25, -0.2) is 18.7 Å². The molecular weight excluding hydrogens is 1040 g/mol. The summed E-state index contributed by atoms with van der Waals surface area (Å²) in [5.41, 5.74) is 20.8. The fraction of sp³-hybridized carbons (Fsp3) is 0.160. The maximum absolute atomic E-state index is 13.5. The molecule has 0 aliphatic carbocycles. The number of benzene rings is 4. The SMILES string of the molecule is Cn1c(NCC([NH-])Cc2ccccc2)nc(-c2ccncc2)c(-c2ccc(F)cc2)c1=O.Cn1c(NC[C@@H](N)Cc2ccccc2)nc(-c2ccncc2)c(-c2ccc(F)cc2)c1=O.[Ac]. The van der Waals surface area contributed by atoms with E-state index in [-0.39, 0.29) is 72.9 Å². The van der Waals surface area contributed by atoms with E-state index in [0.717, 1.165) is 22.3 Å². The van der Waals surface area contributed by atoms with Crippen LogP contribution in [-0.2, 0) is 26.9 Å². The van der Waals surface area contributed by atoms with Crippen LogP contribution in [0.5, 0.6) is 0 Å². The van der Waals surface area contributed by atoms with Crippen LogP contribution in [0.25, 0.3) is 50.5 Å². The molecule has 0 amide bonds. The second kappa shape index (κ2) is 23.1. The Kier molecular flexibility index (Phi) is 17.1. The summed E-state index contributed by atoms with van der Waals surface area (Å²) in [7, 11) is 3.29. The van der Waals surface area contributed by atoms with E-state index >= 15 is 0 Å². The maximum atomic E-state index is 13.5. The summed E-state index contributed by atoms with van der Waals surface area (Å²) in [6.07, 6.45) is 7.85. The third kappa shape index (κ3) is 12.5. The number of nitrogens with zero attached hydrogens (tertiary/aromatic N) is 6. The Morgan fingerprint density at radius 3 is 1.35 bits per heavy atom. The third-order valence-corrected chi connectivity index (χ3v) is 10.4. The minimum atomic E-state index is -0.407. The van der Waals surface area contributed by atoms with Crippen LogP contribution in [0.15, 0.2) is 168 Å². The van der Waals surface area contributed by atoms with Crippen molar-refractivity contribution in [3.63, 3.8) is 0 Å². The largest absolute Gasteiger partial charge is 0.673 e. The number of hydrogen-bond acceptors (Lipinski definition) is 9. The number of hydrogen-bond donors (Lipinski definition) is 3. The van der Waals surface area contributed by atoms with Gasteiger partial charge in [-0.15, -0.1) is 6.04 Å². The predicted molar refractivity (Wildman–Crippen MR) is 250 cm³/mol. The molecule has 8 rings (SSSR count). The molecule has 0 saturated carbocycles. The zero-order valence-electron chi connectivity index (χ0n) is 35.9. The number of nitrogens with two attached hydrogens (primary N) is 1. The van der Waals surface area contributed by atoms with Gasteiger partial charge in [0.1, 0.15) is 11.6 Å². The fourth-order valence-corrected chi connectivity index (χ4v) is 7.11. The quantitative estimate of drug-likeness (QED) is 0.0969. The minimum absolute atomic E-state index is 0. The van der Waals surface area contributed by atoms with E-state index in [1.54, 1.807) is 87.4 Å². The van der Waals surface area contributed by atoms with Crippen LogP contribution >= 0.6 is 0 Å². The third-order valence-electron chi connectivity index (χ3n) is 10.4. The molecule has 5 N–H and O–H groups in total. The Balaban J connectivity index is 0.000000212. The number of aromatic nitrogens is 6. The predicted octanol–water partition coefficient (Wildman–Crippen LogP) is 8.35. The Labute approximate surface area is 411 Å². The van der Waals surface area contributed by atoms with Gasteiger partial charge in [-0.1, -0.05) is 84.9 Å². The molecule has 1 radical (unpaired) electrons. The van der Waals surface area contributed by atoms with Gasteiger partial charge in [-0.2, -0.15) is 0 Å². The van der Waals surface area contributed by atoms with E-state index in [4.69, 9.17) is 21.4 Å². The Morgan fingerprint density at radius 2 is 0.938 bits per heavy atom. The smallest absolute Gasteiger partial charge is 0.263 e. The van der Waals surface area contributed by atoms with E-state index < -0.39 is 6.04 Å². The van der Waals surface area contributed by atoms with Gasteiger partial charge in [-0.3, -0.25) is 28.7 Å². The zero-order chi connectivity index (χ0) is 45.0. The molecule has 0 aliphatic rings. The molecule has 15 heteroatoms. The van der Waals surface area contributed by atoms with Crippen LogP contribution in [0.1, 0.15) is 11.1 Å². The van der Waals surface area contributed by atoms with Crippen LogP contribution in [-0.4, -0.2) is 54.2 Å². The molecule has 4 aromatic heterocycles. The standard InChI is InChI=1S/C25H24FN5O.C25H23FN5O.Ac/c2*1-31-24(32)22(18-7-9-20(26)10-8-18)23(19-11-13-28-14-12-19)30-25(31)29-16-21(27)15-17-5-3-2-4-6-17;/h2-14,21H,15-16,27H2,1H3,(H,29,30);2-14,21,27H,15-16H2,1H3,(H,29,30);/q;-1;/t21-;;/m0../s1. The van der Waals surface area contributed by atoms with E-state index in [9.17, 15) is 18.4 Å². The van der Waals surface area contributed by atoms with E-state index in [0.29, 0.717) is 71.5 Å². The molecule has 0 spiro atoms. The van der Waals surface area contributed by atoms with Crippen molar-refractivity contribution in [3.05, 3.63) is 207 Å². The first-order chi connectivity index (χ1) is 31.0. The molecule has 2 atom stereocenters. The first kappa shape index (κ1) is 48.2. The molecule has 65 heavy (non-hydrogen) atoms. The van der Waals surface area contributed by atoms with Gasteiger partial charge >= 0.3 is 0 Å². The number of nitrogens with one attached hydrogen (secondary N) is 3. The van der Waals surface area contributed by atoms with Crippen molar-refractivity contribution in [2.24, 2.45) is 19.8 Å². The van der Waals surface area contributed by atoms with E-state index in [1.165, 1.54) is 33.4 Å². The van der Waals surface area contributed by atoms with Crippen molar-refractivity contribution in [3.8, 4) is 44.8 Å². The molecule has 0 aliphatic heterocycles. The van der Waals surface area contributed by atoms with Crippen molar-refractivity contribution in [2.45, 2.75) is 24.9 Å². The van der Waals surface area contributed by atoms with Crippen molar-refractivity contribution in [2.75, 3.05) is 23.7 Å². The fourth-order valence-electron chi connectivity index (χ4n) is 7.11. The van der Waals surface area contributed by atoms with Gasteiger partial charge in [0.2, 0.25) is 11.9 Å². The molecule has 8 aromatic rings. The Morgan fingerprint density at radius 1 is 0.554 bits per heavy atom. The van der Waals surface area contributed by atoms with Crippen LogP contribution in [0.3, 0.4) is 0 Å². The zero-order valence-corrected chi connectivity index (χ0v) is 40.7. The van der Waals surface area contributed by atoms with Crippen LogP contribution < -0.4 is 27.5 Å². The minimum Gasteiger partial charge on any atom is -0.673 e. The summed E-state index contributed by atoms with van der Waals surface area (Å²) in [5, 5.41) is 6.38. The van der Waals surface area contributed by atoms with E-state index in [1.807, 2.05) is 60.7 Å². The average Bonchev–Trinajstić information content (AvgIpc) is 3.32. The second-order valence-corrected chi connectivity index (χ2v) is 15.1. The normalized spacial score (nSPS) is 11.7. The summed E-state index contributed by atoms with van der Waals surface area (Å²) in [6, 6.07) is 38.1. The van der Waals surface area contributed by atoms with Crippen LogP contribution in [0.2, 0.25) is 0 Å². The maximum Gasteiger partial charge on any atom is 0.263 e. The molecule has 12 nitrogen and oxygen atoms in total. The van der Waals surface area contributed by atoms with Crippen molar-refractivity contribution >= 4 is 11.9 Å². The number of pyridine rings is 2. The van der Waals surface area contributed by atoms with Crippen molar-refractivity contribution < 1.29 is 52.8 Å². The summed E-state index contributed by atoms with van der Waals surface area (Å²) < 4.78 is 29.8. The van der Waals surface area contributed by atoms with Gasteiger partial charge in [0.25, 0.3) is 11.1 Å². The van der Waals surface area contributed by atoms with Gasteiger partial charge in [0.15, 0.2) is 0 Å². The first-order valence-electron chi connectivity index (χ1n) is 20.6. The van der Waals surface area contributed by atoms with Crippen molar-refractivity contribution in [1.82, 2.24) is 29.1 Å². The van der Waals surface area contributed by atoms with E-state index in [2.05, 4.69) is 20.6 Å². The number of rotatable bonds is 14. The summed E-state index contributed by atoms with van der Waals surface area (Å²) >= 11 is 0. The van der Waals surface area contributed by atoms with Crippen molar-refractivity contribution in [1.29, 1.82) is 0 Å². The topological polar surface area (TPSA) is 169 Å². The van der Waals surface area contributed by atoms with Crippen LogP contribution in [0.4, 0.5) is 20.7 Å². The molecule has 0 saturated heterocycles. The number of anilines is 2. The molecule has 1 unspecified atom stereocenters. The van der Waals surface area contributed by atoms with Gasteiger partial charge in [0, 0.05) is 113 Å². The molecule has 0 fully saturated rings. The first-order valence-corrected chi connectivity index (χ1v) is 20.6. The molecule has 327 valence electrons. The summed E-state index contributed by atoms with van der Waals surface area (Å²) in [4.78, 5) is 44.3.